The molecule has 0 saturated carbocycles. The van der Waals surface area contributed by atoms with Crippen LogP contribution in [0.5, 0.6) is 0 Å². The summed E-state index contributed by atoms with van der Waals surface area (Å²) in [6.07, 6.45) is 0. The van der Waals surface area contributed by atoms with Crippen LogP contribution in [-0.2, 0) is 21.4 Å². The Morgan fingerprint density at radius 2 is 2.03 bits per heavy atom. The van der Waals surface area contributed by atoms with Crippen molar-refractivity contribution in [2.24, 2.45) is 7.05 Å². The maximum absolute atomic E-state index is 12.9. The Labute approximate surface area is 239 Å². The maximum atomic E-state index is 12.9. The topological polar surface area (TPSA) is 156 Å². The van der Waals surface area contributed by atoms with Crippen molar-refractivity contribution in [1.29, 1.82) is 0 Å². The minimum atomic E-state index is -1.19. The van der Waals surface area contributed by atoms with Gasteiger partial charge in [0.05, 0.1) is 22.9 Å². The molecule has 37 heavy (non-hydrogen) atoms. The van der Waals surface area contributed by atoms with Gasteiger partial charge in [0.15, 0.2) is 0 Å². The van der Waals surface area contributed by atoms with E-state index in [0.717, 1.165) is 5.03 Å². The second kappa shape index (κ2) is 11.8. The van der Waals surface area contributed by atoms with Crippen LogP contribution < -0.4 is 21.4 Å². The summed E-state index contributed by atoms with van der Waals surface area (Å²) in [5.74, 6) is -1.03. The standard InChI is InChI=1S/C21H20Cl2N6O4S4/c1-28-15(5-13(24)26-21(28)25)37-8-36-12-6-35-19-16(18(31)29(19)17(12)20(32)33)27-14(30)7-34-11-4-9(22)2-3-10(11)23/h2-5,16,19H,6-8H2,1H3,(H5,24,25,26,27,30,32,33)/p+1. The molecule has 2 amide bonds. The van der Waals surface area contributed by atoms with Crippen molar-refractivity contribution in [3.63, 3.8) is 0 Å². The van der Waals surface area contributed by atoms with Crippen molar-refractivity contribution < 1.29 is 24.1 Å². The number of anilines is 2. The van der Waals surface area contributed by atoms with Gasteiger partial charge in [0.1, 0.15) is 22.1 Å². The molecular weight excluding hydrogens is 599 g/mol. The van der Waals surface area contributed by atoms with E-state index in [0.29, 0.717) is 30.7 Å². The molecule has 4 rings (SSSR count). The number of carbonyl (C=O) groups excluding carboxylic acids is 2. The number of β-lactam (4-membered cyclic amide) rings is 1. The lowest BCUT2D eigenvalue weighted by Gasteiger charge is -2.49. The van der Waals surface area contributed by atoms with Gasteiger partial charge in [-0.15, -0.1) is 35.3 Å². The van der Waals surface area contributed by atoms with E-state index in [1.165, 1.54) is 51.9 Å². The zero-order valence-corrected chi connectivity index (χ0v) is 23.9. The number of nitrogen functional groups attached to an aromatic ring is 2. The molecule has 2 aromatic rings. The average Bonchev–Trinajstić information content (AvgIpc) is 2.85. The van der Waals surface area contributed by atoms with Crippen molar-refractivity contribution in [3.05, 3.63) is 44.9 Å². The number of carbonyl (C=O) groups is 3. The molecule has 3 heterocycles. The average molecular weight is 621 g/mol. The van der Waals surface area contributed by atoms with Gasteiger partial charge in [-0.3, -0.25) is 20.2 Å². The Kier molecular flexibility index (Phi) is 8.96. The van der Waals surface area contributed by atoms with E-state index in [1.54, 1.807) is 35.9 Å². The van der Waals surface area contributed by atoms with Crippen molar-refractivity contribution >= 4 is 99.8 Å². The first kappa shape index (κ1) is 28.0. The summed E-state index contributed by atoms with van der Waals surface area (Å²) in [6.45, 7) is 0. The summed E-state index contributed by atoms with van der Waals surface area (Å²) in [7, 11) is 1.76. The number of hydrogen-bond donors (Lipinski definition) is 4. The molecule has 2 aliphatic heterocycles. The van der Waals surface area contributed by atoms with Crippen LogP contribution in [0.4, 0.5) is 11.8 Å². The number of hydrogen-bond acceptors (Lipinski definition) is 10. The first-order chi connectivity index (χ1) is 17.6. The molecule has 0 spiro atoms. The Hall–Kier alpha value is -1.97. The minimum Gasteiger partial charge on any atom is -0.477 e. The molecule has 0 bridgehead atoms. The minimum absolute atomic E-state index is 0.0304. The van der Waals surface area contributed by atoms with Crippen LogP contribution in [0.2, 0.25) is 10.0 Å². The third-order valence-corrected chi connectivity index (χ3v) is 10.8. The highest BCUT2D eigenvalue weighted by atomic mass is 35.5. The zero-order chi connectivity index (χ0) is 26.9. The van der Waals surface area contributed by atoms with Gasteiger partial charge in [-0.25, -0.2) is 9.36 Å². The molecule has 1 aromatic carbocycles. The Bertz CT molecular complexity index is 1310. The van der Waals surface area contributed by atoms with Crippen molar-refractivity contribution in [2.75, 3.05) is 28.1 Å². The SMILES string of the molecule is C[n+]1c(SCSC2=C(C(=O)O)N3C(=O)C(NC(=O)CSc4cc(Cl)ccc4Cl)C3SC2)cc(N)nc1N. The van der Waals surface area contributed by atoms with E-state index in [-0.39, 0.29) is 29.1 Å². The zero-order valence-electron chi connectivity index (χ0n) is 19.1. The Morgan fingerprint density at radius 1 is 1.27 bits per heavy atom. The number of aliphatic carboxylic acids is 1. The van der Waals surface area contributed by atoms with Crippen molar-refractivity contribution in [3.8, 4) is 0 Å². The monoisotopic (exact) mass is 619 g/mol. The molecule has 0 radical (unpaired) electrons. The van der Waals surface area contributed by atoms with E-state index in [9.17, 15) is 19.5 Å². The number of carboxylic acid groups (broad SMARTS) is 1. The number of carboxylic acids is 1. The summed E-state index contributed by atoms with van der Waals surface area (Å²) < 4.78 is 1.69. The first-order valence-electron chi connectivity index (χ1n) is 10.5. The second-order valence-corrected chi connectivity index (χ2v) is 13.1. The van der Waals surface area contributed by atoms with Gasteiger partial charge in [0, 0.05) is 26.6 Å². The molecule has 196 valence electrons. The van der Waals surface area contributed by atoms with Crippen LogP contribution in [0.25, 0.3) is 0 Å². The second-order valence-electron chi connectivity index (χ2n) is 7.74. The van der Waals surface area contributed by atoms with Crippen LogP contribution >= 0.6 is 70.2 Å². The van der Waals surface area contributed by atoms with Crippen LogP contribution in [0.3, 0.4) is 0 Å². The van der Waals surface area contributed by atoms with Crippen molar-refractivity contribution in [2.45, 2.75) is 21.3 Å². The fourth-order valence-electron chi connectivity index (χ4n) is 3.52. The van der Waals surface area contributed by atoms with Crippen molar-refractivity contribution in [1.82, 2.24) is 15.2 Å². The lowest BCUT2D eigenvalue weighted by molar-refractivity contribution is -0.696. The number of nitrogens with two attached hydrogens (primary N) is 2. The van der Waals surface area contributed by atoms with Gasteiger partial charge in [-0.2, -0.15) is 0 Å². The number of aromatic nitrogens is 2. The van der Waals surface area contributed by atoms with E-state index in [2.05, 4.69) is 10.3 Å². The smallest absolute Gasteiger partial charge is 0.392 e. The largest absolute Gasteiger partial charge is 0.477 e. The summed E-state index contributed by atoms with van der Waals surface area (Å²) in [5.41, 5.74) is 11.6. The number of halogens is 2. The number of benzene rings is 1. The molecule has 2 aliphatic rings. The third-order valence-electron chi connectivity index (χ3n) is 5.33. The number of fused-ring (bicyclic) bond motifs is 1. The molecule has 1 saturated heterocycles. The number of rotatable bonds is 9. The predicted molar refractivity (Wildman–Crippen MR) is 149 cm³/mol. The molecule has 16 heteroatoms. The molecule has 0 aliphatic carbocycles. The fourth-order valence-corrected chi connectivity index (χ4v) is 8.66. The van der Waals surface area contributed by atoms with E-state index in [4.69, 9.17) is 34.7 Å². The summed E-state index contributed by atoms with van der Waals surface area (Å²) in [4.78, 5) is 43.9. The normalized spacial score (nSPS) is 18.9. The number of nitrogens with one attached hydrogen (secondary N) is 1. The summed E-state index contributed by atoms with van der Waals surface area (Å²) in [5, 5.41) is 14.3. The van der Waals surface area contributed by atoms with Crippen LogP contribution in [0.15, 0.2) is 44.8 Å². The number of thioether (sulfide) groups is 4. The van der Waals surface area contributed by atoms with E-state index < -0.39 is 23.3 Å². The third kappa shape index (κ3) is 6.20. The molecule has 1 aromatic heterocycles. The molecule has 2 unspecified atom stereocenters. The summed E-state index contributed by atoms with van der Waals surface area (Å²) in [6, 6.07) is 5.84. The molecule has 1 fully saturated rings. The van der Waals surface area contributed by atoms with Gasteiger partial charge in [0.2, 0.25) is 11.7 Å². The molecular formula is C21H21Cl2N6O4S4+. The Balaban J connectivity index is 1.37. The van der Waals surface area contributed by atoms with Gasteiger partial charge >= 0.3 is 11.9 Å². The maximum Gasteiger partial charge on any atom is 0.392 e. The highest BCUT2D eigenvalue weighted by Gasteiger charge is 2.54. The number of amides is 2. The molecule has 10 nitrogen and oxygen atoms in total. The lowest BCUT2D eigenvalue weighted by atomic mass is 10.1. The van der Waals surface area contributed by atoms with Crippen LogP contribution in [0.1, 0.15) is 0 Å². The van der Waals surface area contributed by atoms with Crippen LogP contribution in [-0.4, -0.2) is 60.8 Å². The van der Waals surface area contributed by atoms with Gasteiger partial charge < -0.3 is 16.2 Å². The fraction of sp³-hybridized carbons (Fsp3) is 0.286. The molecule has 6 N–H and O–H groups in total. The van der Waals surface area contributed by atoms with Gasteiger partial charge in [-0.05, 0) is 18.2 Å². The predicted octanol–water partition coefficient (Wildman–Crippen LogP) is 2.65. The summed E-state index contributed by atoms with van der Waals surface area (Å²) >= 11 is 17.5. The lowest BCUT2D eigenvalue weighted by Crippen LogP contribution is -2.70. The first-order valence-corrected chi connectivity index (χ1v) is 15.3. The number of nitrogens with zero attached hydrogens (tertiary/aromatic N) is 3. The van der Waals surface area contributed by atoms with Gasteiger partial charge in [-0.1, -0.05) is 39.9 Å². The van der Waals surface area contributed by atoms with E-state index >= 15 is 0 Å². The molecule has 2 atom stereocenters. The highest BCUT2D eigenvalue weighted by molar-refractivity contribution is 8.18. The highest BCUT2D eigenvalue weighted by Crippen LogP contribution is 2.44. The quantitative estimate of drug-likeness (QED) is 0.108. The van der Waals surface area contributed by atoms with Crippen LogP contribution in [0, 0.1) is 0 Å². The van der Waals surface area contributed by atoms with Gasteiger partial charge in [0.25, 0.3) is 5.91 Å². The Morgan fingerprint density at radius 3 is 2.76 bits per heavy atom. The van der Waals surface area contributed by atoms with E-state index in [1.807, 2.05) is 0 Å².